The quantitative estimate of drug-likeness (QED) is 0.352. The molecule has 0 aromatic heterocycles. The van der Waals surface area contributed by atoms with Crippen LogP contribution in [0.3, 0.4) is 0 Å². The number of hydrogen-bond acceptors (Lipinski definition) is 8. The number of piperidine rings is 1. The Morgan fingerprint density at radius 2 is 1.83 bits per heavy atom. The minimum Gasteiger partial charge on any atom is -0.469 e. The van der Waals surface area contributed by atoms with Crippen LogP contribution in [-0.2, 0) is 33.4 Å². The van der Waals surface area contributed by atoms with Gasteiger partial charge in [-0.2, -0.15) is 0 Å². The van der Waals surface area contributed by atoms with Crippen LogP contribution in [0, 0.1) is 34.5 Å². The number of allylic oxidation sites excluding steroid dienone is 1. The van der Waals surface area contributed by atoms with Gasteiger partial charge >= 0.3 is 17.9 Å². The molecule has 3 aliphatic heterocycles. The summed E-state index contributed by atoms with van der Waals surface area (Å²) in [6, 6.07) is 0. The van der Waals surface area contributed by atoms with E-state index in [1.807, 2.05) is 11.8 Å². The summed E-state index contributed by atoms with van der Waals surface area (Å²) in [7, 11) is 1.37. The summed E-state index contributed by atoms with van der Waals surface area (Å²) < 4.78 is 17.0. The van der Waals surface area contributed by atoms with Crippen molar-refractivity contribution in [1.82, 2.24) is 4.90 Å². The largest absolute Gasteiger partial charge is 0.469 e. The Labute approximate surface area is 211 Å². The fourth-order valence-corrected chi connectivity index (χ4v) is 8.54. The maximum Gasteiger partial charge on any atom is 0.309 e. The molecule has 9 nitrogen and oxygen atoms in total. The fraction of sp³-hybridized carbons (Fsp3) is 0.778. The van der Waals surface area contributed by atoms with Crippen LogP contribution in [0.15, 0.2) is 11.1 Å². The number of rotatable bonds is 4. The minimum atomic E-state index is -1.17. The summed E-state index contributed by atoms with van der Waals surface area (Å²) in [4.78, 5) is 54.4. The van der Waals surface area contributed by atoms with Crippen molar-refractivity contribution < 1.29 is 38.5 Å². The van der Waals surface area contributed by atoms with Crippen molar-refractivity contribution in [2.45, 2.75) is 71.5 Å². The number of esters is 3. The number of hydrogen-bond donors (Lipinski definition) is 1. The van der Waals surface area contributed by atoms with Gasteiger partial charge in [0.15, 0.2) is 0 Å². The lowest BCUT2D eigenvalue weighted by Crippen LogP contribution is -2.69. The molecule has 6 rings (SSSR count). The van der Waals surface area contributed by atoms with Crippen molar-refractivity contribution in [3.05, 3.63) is 11.1 Å². The van der Waals surface area contributed by atoms with Crippen molar-refractivity contribution in [1.29, 1.82) is 0 Å². The van der Waals surface area contributed by atoms with E-state index in [-0.39, 0.29) is 49.1 Å². The summed E-state index contributed by atoms with van der Waals surface area (Å²) in [6.07, 6.45) is 1.83. The predicted molar refractivity (Wildman–Crippen MR) is 126 cm³/mol. The van der Waals surface area contributed by atoms with Crippen LogP contribution < -0.4 is 0 Å². The average molecular weight is 504 g/mol. The smallest absolute Gasteiger partial charge is 0.309 e. The van der Waals surface area contributed by atoms with E-state index in [1.54, 1.807) is 0 Å². The van der Waals surface area contributed by atoms with Crippen LogP contribution in [-0.4, -0.2) is 72.8 Å². The van der Waals surface area contributed by atoms with Gasteiger partial charge in [-0.25, -0.2) is 0 Å². The Hall–Kier alpha value is -2.42. The standard InChI is InChI=1S/C27H37NO8/c1-14-11-28-12-18-7-5-17-6-8-19-20(24(32)34-4)10-26(23(17)19,25(28)33)27(18,13-35-15(2)29)22(9-21(14)31)36-16(3)30/h14,18-22,31H,5-13H2,1-4H3/t14-,18-,19-,20-,21-,22-,26+,27-/m1/s1. The van der Waals surface area contributed by atoms with Crippen molar-refractivity contribution in [3.63, 3.8) is 0 Å². The lowest BCUT2D eigenvalue weighted by atomic mass is 9.49. The monoisotopic (exact) mass is 503 g/mol. The minimum absolute atomic E-state index is 0.100. The molecule has 0 aromatic carbocycles. The van der Waals surface area contributed by atoms with Crippen molar-refractivity contribution in [3.8, 4) is 0 Å². The molecule has 1 spiro atoms. The molecule has 0 aromatic rings. The number of aliphatic hydroxyl groups excluding tert-OH is 1. The first kappa shape index (κ1) is 25.2. The Morgan fingerprint density at radius 3 is 2.50 bits per heavy atom. The van der Waals surface area contributed by atoms with Gasteiger partial charge in [0.25, 0.3) is 0 Å². The zero-order chi connectivity index (χ0) is 26.0. The molecule has 3 saturated heterocycles. The first-order chi connectivity index (χ1) is 17.1. The highest BCUT2D eigenvalue weighted by Crippen LogP contribution is 2.72. The third kappa shape index (κ3) is 3.37. The lowest BCUT2D eigenvalue weighted by Gasteiger charge is -2.59. The van der Waals surface area contributed by atoms with Gasteiger partial charge in [-0.3, -0.25) is 19.2 Å². The SMILES string of the molecule is COC(=O)[C@@H]1C[C@@]23C(=O)N4C[C@@H](CCC5=C2[C@@H]1CC5)[C@]3(COC(C)=O)[C@H](OC(C)=O)C[C@@H](O)[C@H](C)C4. The second-order valence-electron chi connectivity index (χ2n) is 11.5. The second kappa shape index (κ2) is 8.85. The molecule has 4 fully saturated rings. The molecule has 198 valence electrons. The van der Waals surface area contributed by atoms with Crippen LogP contribution in [0.5, 0.6) is 0 Å². The second-order valence-corrected chi connectivity index (χ2v) is 11.5. The number of fused-ring (bicyclic) bond motifs is 4. The van der Waals surface area contributed by atoms with Crippen LogP contribution in [0.4, 0.5) is 0 Å². The van der Waals surface area contributed by atoms with Gasteiger partial charge in [0, 0.05) is 33.4 Å². The third-order valence-corrected chi connectivity index (χ3v) is 9.91. The molecule has 9 heteroatoms. The van der Waals surface area contributed by atoms with Crippen molar-refractivity contribution in [2.75, 3.05) is 26.8 Å². The first-order valence-electron chi connectivity index (χ1n) is 13.1. The number of carbonyl (C=O) groups is 4. The summed E-state index contributed by atoms with van der Waals surface area (Å²) in [5.74, 6) is -2.44. The van der Waals surface area contributed by atoms with E-state index in [0.717, 1.165) is 31.3 Å². The zero-order valence-electron chi connectivity index (χ0n) is 21.6. The number of ether oxygens (including phenoxy) is 3. The maximum atomic E-state index is 14.8. The van der Waals surface area contributed by atoms with E-state index in [1.165, 1.54) is 26.5 Å². The molecular weight excluding hydrogens is 466 g/mol. The molecule has 36 heavy (non-hydrogen) atoms. The number of aliphatic hydroxyl groups is 1. The number of carbonyl (C=O) groups excluding carboxylic acids is 4. The molecule has 0 unspecified atom stereocenters. The third-order valence-electron chi connectivity index (χ3n) is 9.91. The molecule has 1 saturated carbocycles. The highest BCUT2D eigenvalue weighted by molar-refractivity contribution is 5.92. The Kier molecular flexibility index (Phi) is 6.21. The molecule has 8 atom stereocenters. The Morgan fingerprint density at radius 1 is 1.11 bits per heavy atom. The Balaban J connectivity index is 1.82. The van der Waals surface area contributed by atoms with Gasteiger partial charge in [-0.05, 0) is 49.9 Å². The molecule has 1 amide bonds. The maximum absolute atomic E-state index is 14.8. The van der Waals surface area contributed by atoms with E-state index in [9.17, 15) is 24.3 Å². The summed E-state index contributed by atoms with van der Waals surface area (Å²) >= 11 is 0. The highest BCUT2D eigenvalue weighted by atomic mass is 16.6. The van der Waals surface area contributed by atoms with Crippen LogP contribution in [0.1, 0.15) is 59.3 Å². The van der Waals surface area contributed by atoms with Crippen molar-refractivity contribution in [2.24, 2.45) is 34.5 Å². The molecule has 3 heterocycles. The van der Waals surface area contributed by atoms with Crippen LogP contribution >= 0.6 is 0 Å². The molecular formula is C27H37NO8. The van der Waals surface area contributed by atoms with Crippen LogP contribution in [0.25, 0.3) is 0 Å². The zero-order valence-corrected chi connectivity index (χ0v) is 21.6. The van der Waals surface area contributed by atoms with Gasteiger partial charge in [-0.15, -0.1) is 0 Å². The number of nitrogens with zero attached hydrogens (tertiary/aromatic N) is 1. The number of methoxy groups -OCH3 is 1. The van der Waals surface area contributed by atoms with E-state index >= 15 is 0 Å². The van der Waals surface area contributed by atoms with Gasteiger partial charge in [0.2, 0.25) is 5.91 Å². The molecule has 4 bridgehead atoms. The van der Waals surface area contributed by atoms with E-state index in [4.69, 9.17) is 14.2 Å². The van der Waals surface area contributed by atoms with E-state index in [0.29, 0.717) is 13.1 Å². The summed E-state index contributed by atoms with van der Waals surface area (Å²) in [5, 5.41) is 11.2. The van der Waals surface area contributed by atoms with Crippen LogP contribution in [0.2, 0.25) is 0 Å². The van der Waals surface area contributed by atoms with Gasteiger partial charge < -0.3 is 24.2 Å². The highest BCUT2D eigenvalue weighted by Gasteiger charge is 2.76. The van der Waals surface area contributed by atoms with Crippen molar-refractivity contribution >= 4 is 23.8 Å². The molecule has 1 N–H and O–H groups in total. The van der Waals surface area contributed by atoms with E-state index < -0.39 is 40.9 Å². The van der Waals surface area contributed by atoms with E-state index in [2.05, 4.69) is 0 Å². The van der Waals surface area contributed by atoms with Gasteiger partial charge in [0.1, 0.15) is 12.7 Å². The van der Waals surface area contributed by atoms with Gasteiger partial charge in [0.05, 0.1) is 30.0 Å². The first-order valence-corrected chi connectivity index (χ1v) is 13.1. The predicted octanol–water partition coefficient (Wildman–Crippen LogP) is 2.01. The normalized spacial score (nSPS) is 41.1. The number of amides is 1. The average Bonchev–Trinajstić information content (AvgIpc) is 3.37. The summed E-state index contributed by atoms with van der Waals surface area (Å²) in [6.45, 7) is 5.27. The fourth-order valence-electron chi connectivity index (χ4n) is 8.54. The molecule has 0 radical (unpaired) electrons. The molecule has 6 aliphatic rings. The topological polar surface area (TPSA) is 119 Å². The lowest BCUT2D eigenvalue weighted by molar-refractivity contribution is -0.208. The van der Waals surface area contributed by atoms with Gasteiger partial charge in [-0.1, -0.05) is 18.1 Å². The Bertz CT molecular complexity index is 1020. The molecule has 3 aliphatic carbocycles. The summed E-state index contributed by atoms with van der Waals surface area (Å²) in [5.41, 5.74) is -0.0545.